The maximum atomic E-state index is 12.8. The Labute approximate surface area is 228 Å². The van der Waals surface area contributed by atoms with Gasteiger partial charge in [0.05, 0.1) is 24.4 Å². The van der Waals surface area contributed by atoms with E-state index in [-0.39, 0.29) is 18.0 Å². The molecule has 1 saturated heterocycles. The van der Waals surface area contributed by atoms with Gasteiger partial charge in [-0.1, -0.05) is 23.8 Å². The first-order valence-electron chi connectivity index (χ1n) is 12.8. The fourth-order valence-corrected chi connectivity index (χ4v) is 5.12. The number of benzene rings is 2. The van der Waals surface area contributed by atoms with Crippen LogP contribution in [0.5, 0.6) is 5.75 Å². The van der Waals surface area contributed by atoms with Crippen molar-refractivity contribution in [3.05, 3.63) is 108 Å². The molecule has 1 aliphatic rings. The maximum Gasteiger partial charge on any atom is 0.226 e. The summed E-state index contributed by atoms with van der Waals surface area (Å²) in [7, 11) is 0. The highest BCUT2D eigenvalue weighted by Gasteiger charge is 2.41. The maximum absolute atomic E-state index is 12.8. The van der Waals surface area contributed by atoms with E-state index < -0.39 is 0 Å². The molecule has 0 unspecified atom stereocenters. The van der Waals surface area contributed by atoms with E-state index in [0.29, 0.717) is 24.7 Å². The minimum atomic E-state index is -0.166. The molecule has 2 aromatic heterocycles. The Balaban J connectivity index is 1.42. The molecule has 4 aromatic rings. The third-order valence-corrected chi connectivity index (χ3v) is 6.97. The number of ether oxygens (including phenoxy) is 1. The number of hydrogen-bond donors (Lipinski definition) is 2. The third-order valence-electron chi connectivity index (χ3n) is 6.62. The Hall–Kier alpha value is -4.17. The van der Waals surface area contributed by atoms with Gasteiger partial charge in [0.25, 0.3) is 0 Å². The van der Waals surface area contributed by atoms with Gasteiger partial charge in [-0.05, 0) is 86.7 Å². The lowest BCUT2D eigenvalue weighted by Crippen LogP contribution is -2.33. The summed E-state index contributed by atoms with van der Waals surface area (Å²) in [6.45, 7) is 5.08. The highest BCUT2D eigenvalue weighted by molar-refractivity contribution is 7.80. The molecule has 1 amide bonds. The van der Waals surface area contributed by atoms with E-state index in [4.69, 9.17) is 17.0 Å². The van der Waals surface area contributed by atoms with Crippen molar-refractivity contribution in [2.45, 2.75) is 32.4 Å². The van der Waals surface area contributed by atoms with Gasteiger partial charge in [-0.25, -0.2) is 0 Å². The van der Waals surface area contributed by atoms with Crippen LogP contribution in [0.15, 0.2) is 91.3 Å². The van der Waals surface area contributed by atoms with Crippen LogP contribution in [-0.4, -0.2) is 38.6 Å². The van der Waals surface area contributed by atoms with E-state index >= 15 is 0 Å². The van der Waals surface area contributed by atoms with Crippen LogP contribution in [0.1, 0.15) is 42.4 Å². The van der Waals surface area contributed by atoms with Crippen molar-refractivity contribution in [1.82, 2.24) is 19.8 Å². The normalized spacial score (nSPS) is 16.8. The molecule has 2 aromatic carbocycles. The smallest absolute Gasteiger partial charge is 0.226 e. The van der Waals surface area contributed by atoms with Crippen LogP contribution in [-0.2, 0) is 4.79 Å². The van der Waals surface area contributed by atoms with E-state index in [2.05, 4.69) is 31.2 Å². The fourth-order valence-electron chi connectivity index (χ4n) is 4.79. The number of pyridine rings is 1. The summed E-state index contributed by atoms with van der Waals surface area (Å²) < 4.78 is 7.78. The van der Waals surface area contributed by atoms with Crippen molar-refractivity contribution in [1.29, 1.82) is 0 Å². The number of carbonyl (C=O) groups is 1. The quantitative estimate of drug-likeness (QED) is 0.278. The Kier molecular flexibility index (Phi) is 7.70. The lowest BCUT2D eigenvalue weighted by atomic mass is 10.0. The van der Waals surface area contributed by atoms with Gasteiger partial charge < -0.3 is 24.8 Å². The van der Waals surface area contributed by atoms with Gasteiger partial charge in [-0.3, -0.25) is 9.78 Å². The predicted molar refractivity (Wildman–Crippen MR) is 154 cm³/mol. The highest BCUT2D eigenvalue weighted by atomic mass is 32.1. The SMILES string of the molecule is CCOc1ccc(-n2cccc2[C@H]2[C@@H](c3ccccn3)NC(=S)N2CCC(=O)Nc2ccc(C)cc2)cc1. The lowest BCUT2D eigenvalue weighted by molar-refractivity contribution is -0.116. The van der Waals surface area contributed by atoms with Gasteiger partial charge in [-0.2, -0.15) is 0 Å². The Morgan fingerprint density at radius 3 is 2.55 bits per heavy atom. The first kappa shape index (κ1) is 25.5. The highest BCUT2D eigenvalue weighted by Crippen LogP contribution is 2.39. The third kappa shape index (κ3) is 5.55. The number of nitrogens with zero attached hydrogens (tertiary/aromatic N) is 3. The van der Waals surface area contributed by atoms with Crippen molar-refractivity contribution in [3.63, 3.8) is 0 Å². The first-order valence-corrected chi connectivity index (χ1v) is 13.2. The van der Waals surface area contributed by atoms with Crippen LogP contribution < -0.4 is 15.4 Å². The number of rotatable bonds is 9. The molecular weight excluding hydrogens is 494 g/mol. The molecule has 0 bridgehead atoms. The molecule has 1 fully saturated rings. The van der Waals surface area contributed by atoms with E-state index in [9.17, 15) is 4.79 Å². The average molecular weight is 526 g/mol. The summed E-state index contributed by atoms with van der Waals surface area (Å²) >= 11 is 5.80. The van der Waals surface area contributed by atoms with E-state index in [0.717, 1.165) is 34.1 Å². The second-order valence-corrected chi connectivity index (χ2v) is 9.60. The zero-order chi connectivity index (χ0) is 26.5. The van der Waals surface area contributed by atoms with Gasteiger partial charge in [0.1, 0.15) is 5.75 Å². The summed E-state index contributed by atoms with van der Waals surface area (Å²) in [5, 5.41) is 7.07. The molecule has 2 N–H and O–H groups in total. The molecule has 1 aliphatic heterocycles. The van der Waals surface area contributed by atoms with E-state index in [1.165, 1.54) is 0 Å². The van der Waals surface area contributed by atoms with Gasteiger partial charge in [0, 0.05) is 42.4 Å². The van der Waals surface area contributed by atoms with Crippen LogP contribution in [0.3, 0.4) is 0 Å². The van der Waals surface area contributed by atoms with Gasteiger partial charge in [0.2, 0.25) is 5.91 Å². The second kappa shape index (κ2) is 11.5. The summed E-state index contributed by atoms with van der Waals surface area (Å²) in [5.74, 6) is 0.778. The molecule has 0 aliphatic carbocycles. The second-order valence-electron chi connectivity index (χ2n) is 9.21. The molecule has 0 spiro atoms. The number of hydrogen-bond acceptors (Lipinski definition) is 4. The van der Waals surface area contributed by atoms with Crippen molar-refractivity contribution >= 4 is 28.9 Å². The van der Waals surface area contributed by atoms with E-state index in [1.807, 2.05) is 92.8 Å². The van der Waals surface area contributed by atoms with Crippen LogP contribution in [0, 0.1) is 6.92 Å². The summed E-state index contributed by atoms with van der Waals surface area (Å²) in [5.41, 5.74) is 4.90. The molecule has 2 atom stereocenters. The van der Waals surface area contributed by atoms with Gasteiger partial charge in [-0.15, -0.1) is 0 Å². The number of anilines is 1. The number of thiocarbonyl (C=S) groups is 1. The lowest BCUT2D eigenvalue weighted by Gasteiger charge is -2.29. The predicted octanol–water partition coefficient (Wildman–Crippen LogP) is 5.58. The Bertz CT molecular complexity index is 1390. The minimum Gasteiger partial charge on any atom is -0.494 e. The minimum absolute atomic E-state index is 0.0569. The molecule has 7 nitrogen and oxygen atoms in total. The number of amides is 1. The molecule has 5 rings (SSSR count). The largest absolute Gasteiger partial charge is 0.494 e. The Morgan fingerprint density at radius 2 is 1.84 bits per heavy atom. The summed E-state index contributed by atoms with van der Waals surface area (Å²) in [4.78, 5) is 19.6. The zero-order valence-corrected chi connectivity index (χ0v) is 22.3. The van der Waals surface area contributed by atoms with Crippen molar-refractivity contribution in [2.24, 2.45) is 0 Å². The topological polar surface area (TPSA) is 71.4 Å². The molecule has 194 valence electrons. The molecule has 3 heterocycles. The first-order chi connectivity index (χ1) is 18.5. The molecule has 0 saturated carbocycles. The van der Waals surface area contributed by atoms with Crippen molar-refractivity contribution < 1.29 is 9.53 Å². The molecule has 0 radical (unpaired) electrons. The van der Waals surface area contributed by atoms with Crippen LogP contribution in [0.25, 0.3) is 5.69 Å². The zero-order valence-electron chi connectivity index (χ0n) is 21.5. The standard InChI is InChI=1S/C30H31N5O2S/c1-3-37-24-15-13-23(14-16-24)34-19-6-8-26(34)29-28(25-7-4-5-18-31-25)33-30(38)35(29)20-17-27(36)32-22-11-9-21(2)10-12-22/h4-16,18-19,28-29H,3,17,20H2,1-2H3,(H,32,36)(H,33,38)/t28-,29+/m1/s1. The van der Waals surface area contributed by atoms with E-state index in [1.54, 1.807) is 6.20 Å². The average Bonchev–Trinajstić information content (AvgIpc) is 3.54. The van der Waals surface area contributed by atoms with Crippen LogP contribution in [0.2, 0.25) is 0 Å². The van der Waals surface area contributed by atoms with Gasteiger partial charge >= 0.3 is 0 Å². The number of aryl methyl sites for hydroxylation is 1. The summed E-state index contributed by atoms with van der Waals surface area (Å²) in [6.07, 6.45) is 4.13. The van der Waals surface area contributed by atoms with Crippen molar-refractivity contribution in [2.75, 3.05) is 18.5 Å². The monoisotopic (exact) mass is 525 g/mol. The summed E-state index contributed by atoms with van der Waals surface area (Å²) in [6, 6.07) is 25.5. The molecule has 38 heavy (non-hydrogen) atoms. The molecule has 8 heteroatoms. The van der Waals surface area contributed by atoms with Crippen molar-refractivity contribution in [3.8, 4) is 11.4 Å². The van der Waals surface area contributed by atoms with Crippen LogP contribution >= 0.6 is 12.2 Å². The molecular formula is C30H31N5O2S. The number of nitrogens with one attached hydrogen (secondary N) is 2. The Morgan fingerprint density at radius 1 is 1.05 bits per heavy atom. The fraction of sp³-hybridized carbons (Fsp3) is 0.233. The van der Waals surface area contributed by atoms with Crippen LogP contribution in [0.4, 0.5) is 5.69 Å². The number of aromatic nitrogens is 2. The number of carbonyl (C=O) groups excluding carboxylic acids is 1. The van der Waals surface area contributed by atoms with Gasteiger partial charge in [0.15, 0.2) is 5.11 Å².